The van der Waals surface area contributed by atoms with Crippen LogP contribution in [0.4, 0.5) is 11.6 Å². The van der Waals surface area contributed by atoms with Gasteiger partial charge in [0.2, 0.25) is 5.65 Å². The fraction of sp³-hybridized carbons (Fsp3) is 0.375. The Kier molecular flexibility index (Phi) is 4.14. The van der Waals surface area contributed by atoms with Gasteiger partial charge < -0.3 is 21.5 Å². The SMILES string of the molecule is NCC1(O)CCN(c2cnc3c(-c4cc(N)ncc4Cl)[nH]nc3n2)CC1. The summed E-state index contributed by atoms with van der Waals surface area (Å²) in [5.41, 5.74) is 13.0. The molecular weight excluding hydrogens is 356 g/mol. The average Bonchev–Trinajstić information content (AvgIpc) is 3.07. The first-order chi connectivity index (χ1) is 12.5. The fourth-order valence-electron chi connectivity index (χ4n) is 3.13. The van der Waals surface area contributed by atoms with Crippen LogP contribution < -0.4 is 16.4 Å². The quantitative estimate of drug-likeness (QED) is 0.530. The zero-order chi connectivity index (χ0) is 18.3. The molecule has 0 saturated carbocycles. The van der Waals surface area contributed by atoms with Gasteiger partial charge in [-0.05, 0) is 18.9 Å². The number of halogens is 1. The Labute approximate surface area is 154 Å². The van der Waals surface area contributed by atoms with Crippen LogP contribution in [0.1, 0.15) is 12.8 Å². The molecule has 4 rings (SSSR count). The number of nitrogens with one attached hydrogen (secondary N) is 1. The summed E-state index contributed by atoms with van der Waals surface area (Å²) in [6, 6.07) is 1.67. The van der Waals surface area contributed by atoms with Crippen molar-refractivity contribution in [1.29, 1.82) is 0 Å². The number of pyridine rings is 1. The third-order valence-electron chi connectivity index (χ3n) is 4.80. The highest BCUT2D eigenvalue weighted by Crippen LogP contribution is 2.32. The molecule has 26 heavy (non-hydrogen) atoms. The molecule has 9 nitrogen and oxygen atoms in total. The van der Waals surface area contributed by atoms with E-state index in [0.29, 0.717) is 59.2 Å². The molecule has 6 N–H and O–H groups in total. The number of nitrogens with zero attached hydrogens (tertiary/aromatic N) is 5. The van der Waals surface area contributed by atoms with E-state index in [0.717, 1.165) is 5.82 Å². The minimum Gasteiger partial charge on any atom is -0.388 e. The minimum absolute atomic E-state index is 0.268. The number of anilines is 2. The zero-order valence-electron chi connectivity index (χ0n) is 14.0. The van der Waals surface area contributed by atoms with Crippen molar-refractivity contribution in [2.24, 2.45) is 5.73 Å². The van der Waals surface area contributed by atoms with Gasteiger partial charge in [0, 0.05) is 31.4 Å². The highest BCUT2D eigenvalue weighted by atomic mass is 35.5. The maximum absolute atomic E-state index is 10.3. The number of aromatic nitrogens is 5. The van der Waals surface area contributed by atoms with Gasteiger partial charge in [0.25, 0.3) is 0 Å². The predicted octanol–water partition coefficient (Wildman–Crippen LogP) is 0.940. The molecule has 3 aromatic heterocycles. The number of nitrogen functional groups attached to an aromatic ring is 1. The van der Waals surface area contributed by atoms with E-state index in [-0.39, 0.29) is 6.54 Å². The molecule has 136 valence electrons. The molecule has 0 aromatic carbocycles. The Bertz CT molecular complexity index is 951. The second-order valence-corrected chi connectivity index (χ2v) is 6.91. The number of hydrogen-bond donors (Lipinski definition) is 4. The molecule has 0 aliphatic carbocycles. The van der Waals surface area contributed by atoms with E-state index in [9.17, 15) is 5.11 Å². The molecule has 1 saturated heterocycles. The lowest BCUT2D eigenvalue weighted by molar-refractivity contribution is 0.0249. The van der Waals surface area contributed by atoms with Crippen LogP contribution in [0.25, 0.3) is 22.4 Å². The predicted molar refractivity (Wildman–Crippen MR) is 99.8 cm³/mol. The van der Waals surface area contributed by atoms with Gasteiger partial charge in [0.05, 0.1) is 22.5 Å². The molecular formula is C16H19ClN8O. The lowest BCUT2D eigenvalue weighted by atomic mass is 9.92. The van der Waals surface area contributed by atoms with E-state index >= 15 is 0 Å². The molecule has 0 spiro atoms. The Morgan fingerprint density at radius 2 is 2.04 bits per heavy atom. The van der Waals surface area contributed by atoms with Crippen molar-refractivity contribution >= 4 is 34.4 Å². The number of aromatic amines is 1. The summed E-state index contributed by atoms with van der Waals surface area (Å²) in [4.78, 5) is 15.1. The standard InChI is InChI=1S/C16H19ClN8O/c17-10-6-20-11(19)5-9(10)13-14-15(24-23-13)22-12(7-21-14)25-3-1-16(26,8-18)2-4-25/h5-7,26H,1-4,8,18H2,(H2,19,20)(H,22,23,24). The molecule has 1 aliphatic rings. The van der Waals surface area contributed by atoms with Crippen molar-refractivity contribution in [3.05, 3.63) is 23.5 Å². The van der Waals surface area contributed by atoms with Crippen molar-refractivity contribution in [3.63, 3.8) is 0 Å². The molecule has 0 bridgehead atoms. The van der Waals surface area contributed by atoms with Crippen LogP contribution in [0, 0.1) is 0 Å². The van der Waals surface area contributed by atoms with E-state index in [2.05, 4.69) is 30.0 Å². The Hall–Kier alpha value is -2.49. The largest absolute Gasteiger partial charge is 0.388 e. The molecule has 10 heteroatoms. The summed E-state index contributed by atoms with van der Waals surface area (Å²) in [5.74, 6) is 1.08. The Balaban J connectivity index is 1.65. The Morgan fingerprint density at radius 1 is 1.27 bits per heavy atom. The van der Waals surface area contributed by atoms with Crippen molar-refractivity contribution in [2.75, 3.05) is 30.3 Å². The molecule has 0 radical (unpaired) electrons. The number of aliphatic hydroxyl groups is 1. The molecule has 1 aliphatic heterocycles. The van der Waals surface area contributed by atoms with Crippen LogP contribution >= 0.6 is 11.6 Å². The van der Waals surface area contributed by atoms with Gasteiger partial charge in [0.15, 0.2) is 0 Å². The maximum atomic E-state index is 10.3. The van der Waals surface area contributed by atoms with Crippen LogP contribution in [0.2, 0.25) is 5.02 Å². The highest BCUT2D eigenvalue weighted by molar-refractivity contribution is 6.33. The van der Waals surface area contributed by atoms with E-state index < -0.39 is 5.60 Å². The van der Waals surface area contributed by atoms with E-state index in [4.69, 9.17) is 23.1 Å². The summed E-state index contributed by atoms with van der Waals surface area (Å²) in [7, 11) is 0. The van der Waals surface area contributed by atoms with Crippen LogP contribution in [-0.4, -0.2) is 55.5 Å². The summed E-state index contributed by atoms with van der Waals surface area (Å²) < 4.78 is 0. The second kappa shape index (κ2) is 6.35. The second-order valence-electron chi connectivity index (χ2n) is 6.50. The lowest BCUT2D eigenvalue weighted by Gasteiger charge is -2.37. The zero-order valence-corrected chi connectivity index (χ0v) is 14.7. The molecule has 1 fully saturated rings. The monoisotopic (exact) mass is 374 g/mol. The van der Waals surface area contributed by atoms with E-state index in [1.807, 2.05) is 0 Å². The lowest BCUT2D eigenvalue weighted by Crippen LogP contribution is -2.49. The summed E-state index contributed by atoms with van der Waals surface area (Å²) >= 11 is 6.23. The van der Waals surface area contributed by atoms with Gasteiger partial charge in [-0.25, -0.2) is 15.0 Å². The number of nitrogens with two attached hydrogens (primary N) is 2. The summed E-state index contributed by atoms with van der Waals surface area (Å²) in [6.45, 7) is 1.60. The van der Waals surface area contributed by atoms with Crippen LogP contribution in [0.15, 0.2) is 18.5 Å². The van der Waals surface area contributed by atoms with Crippen LogP contribution in [0.5, 0.6) is 0 Å². The number of rotatable bonds is 3. The van der Waals surface area contributed by atoms with Gasteiger partial charge in [-0.2, -0.15) is 5.10 Å². The third-order valence-corrected chi connectivity index (χ3v) is 5.10. The van der Waals surface area contributed by atoms with E-state index in [1.54, 1.807) is 12.3 Å². The normalized spacial score (nSPS) is 17.0. The van der Waals surface area contributed by atoms with Crippen molar-refractivity contribution in [2.45, 2.75) is 18.4 Å². The number of H-pyrrole nitrogens is 1. The first-order valence-corrected chi connectivity index (χ1v) is 8.67. The van der Waals surface area contributed by atoms with Gasteiger partial charge >= 0.3 is 0 Å². The molecule has 0 amide bonds. The molecule has 4 heterocycles. The molecule has 0 unspecified atom stereocenters. The fourth-order valence-corrected chi connectivity index (χ4v) is 3.33. The van der Waals surface area contributed by atoms with E-state index in [1.165, 1.54) is 6.20 Å². The maximum Gasteiger partial charge on any atom is 0.202 e. The van der Waals surface area contributed by atoms with Crippen LogP contribution in [-0.2, 0) is 0 Å². The van der Waals surface area contributed by atoms with Crippen LogP contribution in [0.3, 0.4) is 0 Å². The number of fused-ring (bicyclic) bond motifs is 1. The van der Waals surface area contributed by atoms with Gasteiger partial charge in [-0.1, -0.05) is 11.6 Å². The smallest absolute Gasteiger partial charge is 0.202 e. The molecule has 0 atom stereocenters. The first-order valence-electron chi connectivity index (χ1n) is 8.29. The van der Waals surface area contributed by atoms with Crippen molar-refractivity contribution in [1.82, 2.24) is 25.1 Å². The number of hydrogen-bond acceptors (Lipinski definition) is 8. The third kappa shape index (κ3) is 2.94. The highest BCUT2D eigenvalue weighted by Gasteiger charge is 2.31. The summed E-state index contributed by atoms with van der Waals surface area (Å²) in [5, 5.41) is 17.9. The van der Waals surface area contributed by atoms with Crippen molar-refractivity contribution < 1.29 is 5.11 Å². The van der Waals surface area contributed by atoms with Gasteiger partial charge in [-0.15, -0.1) is 0 Å². The van der Waals surface area contributed by atoms with Gasteiger partial charge in [0.1, 0.15) is 17.2 Å². The van der Waals surface area contributed by atoms with Crippen molar-refractivity contribution in [3.8, 4) is 11.3 Å². The Morgan fingerprint density at radius 3 is 2.77 bits per heavy atom. The minimum atomic E-state index is -0.786. The first kappa shape index (κ1) is 17.0. The van der Waals surface area contributed by atoms with Gasteiger partial charge in [-0.3, -0.25) is 5.10 Å². The summed E-state index contributed by atoms with van der Waals surface area (Å²) in [6.07, 6.45) is 4.39. The topological polar surface area (TPSA) is 143 Å². The number of piperidine rings is 1. The molecule has 3 aromatic rings. The average molecular weight is 375 g/mol.